The van der Waals surface area contributed by atoms with E-state index in [-0.39, 0.29) is 6.42 Å². The minimum atomic E-state index is -0.703. The summed E-state index contributed by atoms with van der Waals surface area (Å²) >= 11 is 0. The highest BCUT2D eigenvalue weighted by Crippen LogP contribution is 2.11. The van der Waals surface area contributed by atoms with Crippen molar-refractivity contribution >= 4 is 5.97 Å². The van der Waals surface area contributed by atoms with Gasteiger partial charge in [-0.05, 0) is 38.6 Å². The first-order valence-corrected chi connectivity index (χ1v) is 4.56. The highest BCUT2D eigenvalue weighted by atomic mass is 16.4. The number of carboxylic acids is 1. The smallest absolute Gasteiger partial charge is 0.303 e. The van der Waals surface area contributed by atoms with E-state index in [2.05, 4.69) is 11.7 Å². The number of nitrogens with one attached hydrogen (secondary N) is 1. The predicted molar refractivity (Wildman–Crippen MR) is 46.8 cm³/mol. The topological polar surface area (TPSA) is 49.3 Å². The molecule has 1 radical (unpaired) electrons. The summed E-state index contributed by atoms with van der Waals surface area (Å²) < 4.78 is 0. The third-order valence-electron chi connectivity index (χ3n) is 2.18. The van der Waals surface area contributed by atoms with Gasteiger partial charge < -0.3 is 10.4 Å². The quantitative estimate of drug-likeness (QED) is 0.609. The number of rotatable bonds is 5. The molecule has 1 aliphatic heterocycles. The van der Waals surface area contributed by atoms with E-state index in [0.717, 1.165) is 13.0 Å². The SMILES string of the molecule is O=C(O)CC[CH]CC1CCCN1. The summed E-state index contributed by atoms with van der Waals surface area (Å²) in [5.74, 6) is -0.703. The van der Waals surface area contributed by atoms with Crippen LogP contribution in [0.5, 0.6) is 0 Å². The Morgan fingerprint density at radius 3 is 3.08 bits per heavy atom. The van der Waals surface area contributed by atoms with E-state index in [1.807, 2.05) is 0 Å². The molecule has 1 unspecified atom stereocenters. The van der Waals surface area contributed by atoms with Gasteiger partial charge in [-0.3, -0.25) is 4.79 Å². The van der Waals surface area contributed by atoms with Crippen LogP contribution in [0.15, 0.2) is 0 Å². The highest BCUT2D eigenvalue weighted by molar-refractivity contribution is 5.66. The van der Waals surface area contributed by atoms with Gasteiger partial charge in [0.05, 0.1) is 0 Å². The largest absolute Gasteiger partial charge is 0.481 e. The van der Waals surface area contributed by atoms with E-state index in [1.165, 1.54) is 12.8 Å². The Morgan fingerprint density at radius 2 is 2.50 bits per heavy atom. The average molecular weight is 170 g/mol. The molecule has 1 aliphatic rings. The second-order valence-electron chi connectivity index (χ2n) is 3.25. The third kappa shape index (κ3) is 3.72. The zero-order chi connectivity index (χ0) is 8.81. The first kappa shape index (κ1) is 9.52. The molecule has 1 heterocycles. The zero-order valence-corrected chi connectivity index (χ0v) is 7.25. The lowest BCUT2D eigenvalue weighted by Gasteiger charge is -2.07. The lowest BCUT2D eigenvalue weighted by molar-refractivity contribution is -0.136. The van der Waals surface area contributed by atoms with E-state index in [0.29, 0.717) is 12.5 Å². The first-order valence-electron chi connectivity index (χ1n) is 4.56. The first-order chi connectivity index (χ1) is 5.79. The molecule has 0 saturated carbocycles. The molecule has 1 saturated heterocycles. The standard InChI is InChI=1S/C9H16NO2/c11-9(12)6-2-1-4-8-5-3-7-10-8/h1,8,10H,2-7H2,(H,11,12). The van der Waals surface area contributed by atoms with Crippen LogP contribution in [-0.4, -0.2) is 23.7 Å². The van der Waals surface area contributed by atoms with Crippen molar-refractivity contribution in [3.8, 4) is 0 Å². The predicted octanol–water partition coefficient (Wildman–Crippen LogP) is 1.20. The second kappa shape index (κ2) is 5.14. The Bertz CT molecular complexity index is 141. The fourth-order valence-corrected chi connectivity index (χ4v) is 1.50. The van der Waals surface area contributed by atoms with Crippen molar-refractivity contribution in [2.24, 2.45) is 0 Å². The number of hydrogen-bond donors (Lipinski definition) is 2. The van der Waals surface area contributed by atoms with Gasteiger partial charge in [-0.25, -0.2) is 0 Å². The molecule has 0 aromatic heterocycles. The van der Waals surface area contributed by atoms with Crippen LogP contribution in [0.3, 0.4) is 0 Å². The van der Waals surface area contributed by atoms with E-state index < -0.39 is 5.97 Å². The van der Waals surface area contributed by atoms with Crippen molar-refractivity contribution in [1.82, 2.24) is 5.32 Å². The average Bonchev–Trinajstić information content (AvgIpc) is 2.49. The minimum absolute atomic E-state index is 0.271. The molecule has 1 rings (SSSR count). The molecule has 1 atom stereocenters. The molecule has 0 aliphatic carbocycles. The highest BCUT2D eigenvalue weighted by Gasteiger charge is 2.12. The molecule has 12 heavy (non-hydrogen) atoms. The Hall–Kier alpha value is -0.570. The lowest BCUT2D eigenvalue weighted by Crippen LogP contribution is -2.21. The van der Waals surface area contributed by atoms with Crippen LogP contribution in [0.1, 0.15) is 32.1 Å². The van der Waals surface area contributed by atoms with Crippen molar-refractivity contribution in [2.45, 2.75) is 38.1 Å². The molecule has 0 amide bonds. The van der Waals surface area contributed by atoms with Gasteiger partial charge in [0, 0.05) is 12.5 Å². The minimum Gasteiger partial charge on any atom is -0.481 e. The van der Waals surface area contributed by atoms with Crippen LogP contribution in [0, 0.1) is 6.42 Å². The summed E-state index contributed by atoms with van der Waals surface area (Å²) in [7, 11) is 0. The molecule has 0 bridgehead atoms. The van der Waals surface area contributed by atoms with Crippen molar-refractivity contribution in [1.29, 1.82) is 0 Å². The van der Waals surface area contributed by atoms with Gasteiger partial charge in [0.25, 0.3) is 0 Å². The number of aliphatic carboxylic acids is 1. The van der Waals surface area contributed by atoms with Crippen molar-refractivity contribution in [2.75, 3.05) is 6.54 Å². The molecular formula is C9H16NO2. The second-order valence-corrected chi connectivity index (χ2v) is 3.25. The van der Waals surface area contributed by atoms with Gasteiger partial charge in [-0.15, -0.1) is 0 Å². The van der Waals surface area contributed by atoms with E-state index in [1.54, 1.807) is 0 Å². The summed E-state index contributed by atoms with van der Waals surface area (Å²) in [6.07, 6.45) is 6.58. The summed E-state index contributed by atoms with van der Waals surface area (Å²) in [5.41, 5.74) is 0. The normalized spacial score (nSPS) is 22.8. The van der Waals surface area contributed by atoms with Gasteiger partial charge >= 0.3 is 5.97 Å². The van der Waals surface area contributed by atoms with E-state index in [9.17, 15) is 4.79 Å². The van der Waals surface area contributed by atoms with E-state index >= 15 is 0 Å². The van der Waals surface area contributed by atoms with E-state index in [4.69, 9.17) is 5.11 Å². The Labute approximate surface area is 73.2 Å². The third-order valence-corrected chi connectivity index (χ3v) is 2.18. The van der Waals surface area contributed by atoms with Gasteiger partial charge in [-0.1, -0.05) is 0 Å². The molecular weight excluding hydrogens is 154 g/mol. The lowest BCUT2D eigenvalue weighted by atomic mass is 10.1. The molecule has 69 valence electrons. The van der Waals surface area contributed by atoms with Crippen LogP contribution < -0.4 is 5.32 Å². The van der Waals surface area contributed by atoms with Gasteiger partial charge in [-0.2, -0.15) is 0 Å². The Balaban J connectivity index is 1.91. The van der Waals surface area contributed by atoms with Crippen LogP contribution >= 0.6 is 0 Å². The summed E-state index contributed by atoms with van der Waals surface area (Å²) in [6.45, 7) is 1.12. The maximum absolute atomic E-state index is 10.2. The van der Waals surface area contributed by atoms with Crippen LogP contribution in [0.2, 0.25) is 0 Å². The fourth-order valence-electron chi connectivity index (χ4n) is 1.50. The maximum Gasteiger partial charge on any atom is 0.303 e. The maximum atomic E-state index is 10.2. The van der Waals surface area contributed by atoms with Crippen LogP contribution in [-0.2, 0) is 4.79 Å². The Morgan fingerprint density at radius 1 is 1.67 bits per heavy atom. The summed E-state index contributed by atoms with van der Waals surface area (Å²) in [6, 6.07) is 0.610. The number of carbonyl (C=O) groups is 1. The Kier molecular flexibility index (Phi) is 4.08. The van der Waals surface area contributed by atoms with Crippen molar-refractivity contribution in [3.05, 3.63) is 6.42 Å². The van der Waals surface area contributed by atoms with Crippen molar-refractivity contribution in [3.63, 3.8) is 0 Å². The van der Waals surface area contributed by atoms with Crippen LogP contribution in [0.4, 0.5) is 0 Å². The number of hydrogen-bond acceptors (Lipinski definition) is 2. The van der Waals surface area contributed by atoms with Crippen molar-refractivity contribution < 1.29 is 9.90 Å². The fraction of sp³-hybridized carbons (Fsp3) is 0.778. The van der Waals surface area contributed by atoms with Gasteiger partial charge in [0.1, 0.15) is 0 Å². The van der Waals surface area contributed by atoms with Crippen LogP contribution in [0.25, 0.3) is 0 Å². The van der Waals surface area contributed by atoms with Gasteiger partial charge in [0.2, 0.25) is 0 Å². The summed E-state index contributed by atoms with van der Waals surface area (Å²) in [5, 5.41) is 11.7. The summed E-state index contributed by atoms with van der Waals surface area (Å²) in [4.78, 5) is 10.2. The molecule has 0 aromatic rings. The van der Waals surface area contributed by atoms with Gasteiger partial charge in [0.15, 0.2) is 0 Å². The number of unbranched alkanes of at least 4 members (excludes halogenated alkanes) is 1. The zero-order valence-electron chi connectivity index (χ0n) is 7.25. The molecule has 0 aromatic carbocycles. The number of carboxylic acid groups (broad SMARTS) is 1. The molecule has 3 nitrogen and oxygen atoms in total. The molecule has 2 N–H and O–H groups in total. The molecule has 0 spiro atoms. The molecule has 1 fully saturated rings. The monoisotopic (exact) mass is 170 g/mol. The molecule has 3 heteroatoms.